The highest BCUT2D eigenvalue weighted by atomic mass is 16.6. The molecule has 154 valence electrons. The van der Waals surface area contributed by atoms with Gasteiger partial charge in [0, 0.05) is 35.9 Å². The van der Waals surface area contributed by atoms with Gasteiger partial charge < -0.3 is 5.73 Å². The zero-order valence-corrected chi connectivity index (χ0v) is 15.7. The number of hydrogen-bond acceptors (Lipinski definition) is 8. The van der Waals surface area contributed by atoms with Crippen LogP contribution in [0.15, 0.2) is 59.6 Å². The van der Waals surface area contributed by atoms with Gasteiger partial charge in [-0.15, -0.1) is 0 Å². The molecule has 0 aromatic heterocycles. The second kappa shape index (κ2) is 7.39. The summed E-state index contributed by atoms with van der Waals surface area (Å²) in [5.74, 6) is 0. The van der Waals surface area contributed by atoms with E-state index >= 15 is 0 Å². The van der Waals surface area contributed by atoms with Gasteiger partial charge in [-0.3, -0.25) is 30.3 Å². The van der Waals surface area contributed by atoms with E-state index in [1.807, 2.05) is 0 Å². The molecule has 0 bridgehead atoms. The number of hydrogen-bond donors (Lipinski definition) is 1. The highest BCUT2D eigenvalue weighted by Gasteiger charge is 2.35. The van der Waals surface area contributed by atoms with Crippen LogP contribution in [0, 0.1) is 30.3 Å². The van der Waals surface area contributed by atoms with E-state index in [2.05, 4.69) is 4.99 Å². The summed E-state index contributed by atoms with van der Waals surface area (Å²) >= 11 is 0. The normalized spacial score (nSPS) is 13.0. The third-order valence-corrected chi connectivity index (χ3v) is 4.92. The molecule has 0 saturated heterocycles. The van der Waals surface area contributed by atoms with E-state index in [-0.39, 0.29) is 28.1 Å². The molecule has 11 nitrogen and oxygen atoms in total. The molecule has 0 saturated carbocycles. The van der Waals surface area contributed by atoms with Crippen molar-refractivity contribution in [3.63, 3.8) is 0 Å². The highest BCUT2D eigenvalue weighted by Crippen LogP contribution is 2.46. The Morgan fingerprint density at radius 3 is 1.97 bits per heavy atom. The molecule has 0 spiro atoms. The van der Waals surface area contributed by atoms with Gasteiger partial charge in [-0.1, -0.05) is 12.1 Å². The standard InChI is InChI=1S/C20H13N5O6/c21-10-11-1-3-12(4-2-11)22-20-16-7-13(23(26)27)5-6-15(16)19-17(20)8-14(24(28)29)9-18(19)25(30)31/h1-9H,10,21H2. The molecule has 4 rings (SSSR count). The summed E-state index contributed by atoms with van der Waals surface area (Å²) in [4.78, 5) is 36.8. The van der Waals surface area contributed by atoms with Crippen LogP contribution in [0.1, 0.15) is 16.7 Å². The monoisotopic (exact) mass is 419 g/mol. The van der Waals surface area contributed by atoms with Crippen LogP contribution in [0.5, 0.6) is 0 Å². The van der Waals surface area contributed by atoms with Gasteiger partial charge in [0.1, 0.15) is 0 Å². The Hall–Kier alpha value is -4.51. The third-order valence-electron chi connectivity index (χ3n) is 4.92. The number of nitrogens with two attached hydrogens (primary N) is 1. The van der Waals surface area contributed by atoms with Crippen molar-refractivity contribution in [2.45, 2.75) is 6.54 Å². The number of benzene rings is 3. The van der Waals surface area contributed by atoms with Gasteiger partial charge in [-0.2, -0.15) is 0 Å². The van der Waals surface area contributed by atoms with E-state index in [9.17, 15) is 30.3 Å². The van der Waals surface area contributed by atoms with Crippen LogP contribution in [0.4, 0.5) is 22.7 Å². The van der Waals surface area contributed by atoms with Crippen molar-refractivity contribution < 1.29 is 14.8 Å². The maximum atomic E-state index is 11.7. The number of fused-ring (bicyclic) bond motifs is 3. The quantitative estimate of drug-likeness (QED) is 0.376. The number of aliphatic imine (C=N–C) groups is 1. The minimum absolute atomic E-state index is 0.137. The predicted molar refractivity (Wildman–Crippen MR) is 111 cm³/mol. The van der Waals surface area contributed by atoms with E-state index in [4.69, 9.17) is 5.73 Å². The molecular weight excluding hydrogens is 406 g/mol. The minimum Gasteiger partial charge on any atom is -0.326 e. The largest absolute Gasteiger partial charge is 0.326 e. The average molecular weight is 419 g/mol. The molecule has 0 radical (unpaired) electrons. The van der Waals surface area contributed by atoms with E-state index in [1.165, 1.54) is 24.3 Å². The third kappa shape index (κ3) is 3.38. The highest BCUT2D eigenvalue weighted by molar-refractivity contribution is 6.27. The fourth-order valence-electron chi connectivity index (χ4n) is 3.49. The van der Waals surface area contributed by atoms with E-state index < -0.39 is 26.1 Å². The van der Waals surface area contributed by atoms with Crippen molar-refractivity contribution in [2.24, 2.45) is 10.7 Å². The lowest BCUT2D eigenvalue weighted by Gasteiger charge is -2.04. The number of nitro groups is 3. The zero-order chi connectivity index (χ0) is 22.3. The maximum absolute atomic E-state index is 11.7. The smallest absolute Gasteiger partial charge is 0.284 e. The zero-order valence-electron chi connectivity index (χ0n) is 15.7. The molecule has 1 aliphatic rings. The second-order valence-corrected chi connectivity index (χ2v) is 6.72. The Morgan fingerprint density at radius 2 is 1.39 bits per heavy atom. The lowest BCUT2D eigenvalue weighted by Crippen LogP contribution is -2.01. The molecule has 0 atom stereocenters. The summed E-state index contributed by atoms with van der Waals surface area (Å²) in [5.41, 5.74) is 6.87. The summed E-state index contributed by atoms with van der Waals surface area (Å²) in [7, 11) is 0. The van der Waals surface area contributed by atoms with Gasteiger partial charge in [0.05, 0.1) is 37.8 Å². The topological polar surface area (TPSA) is 168 Å². The molecule has 11 heteroatoms. The maximum Gasteiger partial charge on any atom is 0.284 e. The van der Waals surface area contributed by atoms with E-state index in [0.717, 1.165) is 11.6 Å². The Kier molecular flexibility index (Phi) is 4.72. The molecule has 0 unspecified atom stereocenters. The van der Waals surface area contributed by atoms with E-state index in [1.54, 1.807) is 24.3 Å². The summed E-state index contributed by atoms with van der Waals surface area (Å²) in [6, 6.07) is 12.8. The molecule has 3 aromatic rings. The van der Waals surface area contributed by atoms with Crippen LogP contribution < -0.4 is 5.73 Å². The number of nitrogens with zero attached hydrogens (tertiary/aromatic N) is 4. The van der Waals surface area contributed by atoms with Crippen LogP contribution in [0.3, 0.4) is 0 Å². The minimum atomic E-state index is -0.730. The molecular formula is C20H13N5O6. The Bertz CT molecular complexity index is 1300. The molecule has 2 N–H and O–H groups in total. The summed E-state index contributed by atoms with van der Waals surface area (Å²) < 4.78 is 0. The molecule has 0 heterocycles. The SMILES string of the molecule is NCc1ccc(N=C2c3cc([N+](=O)[O-])ccc3-c3c2cc([N+](=O)[O-])cc3[N+](=O)[O-])cc1. The summed E-state index contributed by atoms with van der Waals surface area (Å²) in [6.07, 6.45) is 0. The second-order valence-electron chi connectivity index (χ2n) is 6.72. The van der Waals surface area contributed by atoms with Crippen molar-refractivity contribution in [3.05, 3.63) is 102 Å². The first-order valence-corrected chi connectivity index (χ1v) is 8.94. The molecule has 0 amide bonds. The van der Waals surface area contributed by atoms with Crippen molar-refractivity contribution in [3.8, 4) is 11.1 Å². The van der Waals surface area contributed by atoms with Crippen molar-refractivity contribution in [1.29, 1.82) is 0 Å². The van der Waals surface area contributed by atoms with Crippen LogP contribution in [0.25, 0.3) is 11.1 Å². The Balaban J connectivity index is 2.04. The fraction of sp³-hybridized carbons (Fsp3) is 0.0500. The first kappa shape index (κ1) is 19.8. The average Bonchev–Trinajstić information content (AvgIpc) is 3.06. The van der Waals surface area contributed by atoms with Gasteiger partial charge >= 0.3 is 0 Å². The molecule has 31 heavy (non-hydrogen) atoms. The van der Waals surface area contributed by atoms with Crippen LogP contribution in [0.2, 0.25) is 0 Å². The molecule has 3 aromatic carbocycles. The Labute approximate surface area is 173 Å². The number of non-ortho nitro benzene ring substituents is 2. The number of nitro benzene ring substituents is 3. The predicted octanol–water partition coefficient (Wildman–Crippen LogP) is 4.02. The van der Waals surface area contributed by atoms with Gasteiger partial charge in [-0.25, -0.2) is 4.99 Å². The van der Waals surface area contributed by atoms with Crippen molar-refractivity contribution in [2.75, 3.05) is 0 Å². The van der Waals surface area contributed by atoms with Gasteiger partial charge in [-0.05, 0) is 29.3 Å². The van der Waals surface area contributed by atoms with Crippen molar-refractivity contribution in [1.82, 2.24) is 0 Å². The van der Waals surface area contributed by atoms with Crippen LogP contribution >= 0.6 is 0 Å². The van der Waals surface area contributed by atoms with Gasteiger partial charge in [0.25, 0.3) is 17.1 Å². The lowest BCUT2D eigenvalue weighted by molar-refractivity contribution is -0.393. The van der Waals surface area contributed by atoms with Gasteiger partial charge in [0.2, 0.25) is 0 Å². The molecule has 0 aliphatic heterocycles. The first-order chi connectivity index (χ1) is 14.8. The lowest BCUT2D eigenvalue weighted by atomic mass is 10.0. The van der Waals surface area contributed by atoms with E-state index in [0.29, 0.717) is 17.8 Å². The number of rotatable bonds is 5. The fourth-order valence-corrected chi connectivity index (χ4v) is 3.49. The van der Waals surface area contributed by atoms with Crippen molar-refractivity contribution >= 4 is 28.5 Å². The van der Waals surface area contributed by atoms with Crippen LogP contribution in [-0.4, -0.2) is 20.5 Å². The molecule has 0 fully saturated rings. The van der Waals surface area contributed by atoms with Crippen LogP contribution in [-0.2, 0) is 6.54 Å². The summed E-state index contributed by atoms with van der Waals surface area (Å²) in [5, 5.41) is 34.3. The first-order valence-electron chi connectivity index (χ1n) is 8.94. The Morgan fingerprint density at radius 1 is 0.742 bits per heavy atom. The molecule has 1 aliphatic carbocycles. The van der Waals surface area contributed by atoms with Gasteiger partial charge in [0.15, 0.2) is 0 Å². The summed E-state index contributed by atoms with van der Waals surface area (Å²) in [6.45, 7) is 0.326.